The van der Waals surface area contributed by atoms with Crippen molar-refractivity contribution in [2.24, 2.45) is 0 Å². The lowest BCUT2D eigenvalue weighted by atomic mass is 9.90. The van der Waals surface area contributed by atoms with Crippen LogP contribution in [0.5, 0.6) is 11.5 Å². The van der Waals surface area contributed by atoms with Gasteiger partial charge in [-0.25, -0.2) is 0 Å². The van der Waals surface area contributed by atoms with Crippen molar-refractivity contribution in [3.8, 4) is 44.9 Å². The average molecular weight is 619 g/mol. The van der Waals surface area contributed by atoms with E-state index in [1.807, 2.05) is 12.1 Å². The minimum Gasteiger partial charge on any atom is -0.488 e. The quantitative estimate of drug-likeness (QED) is 0.160. The van der Waals surface area contributed by atoms with Gasteiger partial charge in [-0.2, -0.15) is 0 Å². The molecule has 0 aliphatic carbocycles. The Kier molecular flexibility index (Phi) is 8.13. The SMILES string of the molecule is c1ccc(COc2ccc3cc(-c4ccccc4)ccc3c2-c2c(OCc3ccccc3)ccc3cc(-c4ccccc4)ccc23)cc1. The zero-order chi connectivity index (χ0) is 32.1. The first-order chi connectivity index (χ1) is 23.8. The van der Waals surface area contributed by atoms with Crippen molar-refractivity contribution in [3.05, 3.63) is 193 Å². The Bertz CT molecular complexity index is 2140. The van der Waals surface area contributed by atoms with Gasteiger partial charge in [0.2, 0.25) is 0 Å². The molecular weight excluding hydrogens is 585 g/mol. The third-order valence-corrected chi connectivity index (χ3v) is 8.90. The van der Waals surface area contributed by atoms with E-state index in [-0.39, 0.29) is 0 Å². The second-order valence-electron chi connectivity index (χ2n) is 12.0. The maximum absolute atomic E-state index is 6.70. The zero-order valence-electron chi connectivity index (χ0n) is 26.6. The Morgan fingerprint density at radius 1 is 0.312 bits per heavy atom. The highest BCUT2D eigenvalue weighted by molar-refractivity contribution is 6.11. The maximum Gasteiger partial charge on any atom is 0.128 e. The fourth-order valence-electron chi connectivity index (χ4n) is 6.47. The van der Waals surface area contributed by atoms with E-state index in [0.29, 0.717) is 13.2 Å². The van der Waals surface area contributed by atoms with E-state index in [9.17, 15) is 0 Å². The monoisotopic (exact) mass is 618 g/mol. The molecule has 0 fully saturated rings. The van der Waals surface area contributed by atoms with Crippen LogP contribution in [0, 0.1) is 0 Å². The van der Waals surface area contributed by atoms with E-state index in [2.05, 4.69) is 170 Å². The summed E-state index contributed by atoms with van der Waals surface area (Å²) in [5, 5.41) is 4.52. The molecule has 0 saturated carbocycles. The van der Waals surface area contributed by atoms with Crippen molar-refractivity contribution in [2.75, 3.05) is 0 Å². The van der Waals surface area contributed by atoms with Gasteiger partial charge < -0.3 is 9.47 Å². The van der Waals surface area contributed by atoms with Crippen LogP contribution in [-0.2, 0) is 13.2 Å². The van der Waals surface area contributed by atoms with Crippen LogP contribution in [0.25, 0.3) is 54.9 Å². The molecule has 48 heavy (non-hydrogen) atoms. The lowest BCUT2D eigenvalue weighted by molar-refractivity contribution is 0.303. The largest absolute Gasteiger partial charge is 0.488 e. The summed E-state index contributed by atoms with van der Waals surface area (Å²) >= 11 is 0. The molecule has 0 saturated heterocycles. The van der Waals surface area contributed by atoms with Gasteiger partial charge in [0.25, 0.3) is 0 Å². The van der Waals surface area contributed by atoms with Crippen LogP contribution in [-0.4, -0.2) is 0 Å². The molecule has 0 atom stereocenters. The molecular formula is C46H34O2. The standard InChI is InChI=1S/C46H34O2/c1-5-13-33(14-6-1)31-47-43-27-23-39-29-37(35-17-9-3-10-18-35)21-25-41(39)45(43)46-42-26-22-38(36-19-11-4-12-20-36)30-40(42)24-28-44(46)48-32-34-15-7-2-8-16-34/h1-30H,31-32H2. The Labute approximate surface area is 281 Å². The van der Waals surface area contributed by atoms with Gasteiger partial charge in [-0.05, 0) is 79.2 Å². The van der Waals surface area contributed by atoms with Crippen molar-refractivity contribution in [1.29, 1.82) is 0 Å². The topological polar surface area (TPSA) is 18.5 Å². The second kappa shape index (κ2) is 13.3. The minimum absolute atomic E-state index is 0.463. The van der Waals surface area contributed by atoms with Gasteiger partial charge in [0, 0.05) is 11.1 Å². The van der Waals surface area contributed by atoms with Crippen molar-refractivity contribution >= 4 is 21.5 Å². The number of benzene rings is 8. The highest BCUT2D eigenvalue weighted by Gasteiger charge is 2.20. The molecule has 0 unspecified atom stereocenters. The van der Waals surface area contributed by atoms with Crippen molar-refractivity contribution < 1.29 is 9.47 Å². The van der Waals surface area contributed by atoms with E-state index < -0.39 is 0 Å². The predicted octanol–water partition coefficient (Wildman–Crippen LogP) is 12.2. The van der Waals surface area contributed by atoms with Gasteiger partial charge in [0.1, 0.15) is 24.7 Å². The molecule has 2 nitrogen and oxygen atoms in total. The normalized spacial score (nSPS) is 11.1. The van der Waals surface area contributed by atoms with E-state index in [1.54, 1.807) is 0 Å². The van der Waals surface area contributed by atoms with E-state index >= 15 is 0 Å². The summed E-state index contributed by atoms with van der Waals surface area (Å²) in [4.78, 5) is 0. The van der Waals surface area contributed by atoms with Crippen LogP contribution >= 0.6 is 0 Å². The van der Waals surface area contributed by atoms with Crippen molar-refractivity contribution in [2.45, 2.75) is 13.2 Å². The Morgan fingerprint density at radius 3 is 1.08 bits per heavy atom. The molecule has 0 spiro atoms. The van der Waals surface area contributed by atoms with Crippen LogP contribution < -0.4 is 9.47 Å². The van der Waals surface area contributed by atoms with Gasteiger partial charge in [-0.1, -0.05) is 158 Å². The molecule has 8 aromatic carbocycles. The Hall–Kier alpha value is -6.12. The highest BCUT2D eigenvalue weighted by Crippen LogP contribution is 2.47. The fourth-order valence-corrected chi connectivity index (χ4v) is 6.47. The fraction of sp³-hybridized carbons (Fsp3) is 0.0435. The van der Waals surface area contributed by atoms with E-state index in [0.717, 1.165) is 55.3 Å². The molecule has 0 amide bonds. The summed E-state index contributed by atoms with van der Waals surface area (Å²) in [7, 11) is 0. The zero-order valence-corrected chi connectivity index (χ0v) is 26.6. The van der Waals surface area contributed by atoms with Gasteiger partial charge in [-0.15, -0.1) is 0 Å². The first-order valence-corrected chi connectivity index (χ1v) is 16.4. The smallest absolute Gasteiger partial charge is 0.128 e. The molecule has 0 aromatic heterocycles. The number of rotatable bonds is 9. The third-order valence-electron chi connectivity index (χ3n) is 8.90. The van der Waals surface area contributed by atoms with Crippen LogP contribution in [0.2, 0.25) is 0 Å². The first-order valence-electron chi connectivity index (χ1n) is 16.4. The minimum atomic E-state index is 0.463. The number of hydrogen-bond donors (Lipinski definition) is 0. The molecule has 8 rings (SSSR count). The third kappa shape index (κ3) is 6.04. The lowest BCUT2D eigenvalue weighted by Crippen LogP contribution is -2.01. The number of ether oxygens (including phenoxy) is 2. The van der Waals surface area contributed by atoms with E-state index in [4.69, 9.17) is 9.47 Å². The summed E-state index contributed by atoms with van der Waals surface area (Å²) in [5.41, 5.74) is 9.04. The summed E-state index contributed by atoms with van der Waals surface area (Å²) < 4.78 is 13.4. The lowest BCUT2D eigenvalue weighted by Gasteiger charge is -2.20. The second-order valence-corrected chi connectivity index (χ2v) is 12.0. The van der Waals surface area contributed by atoms with Crippen LogP contribution in [0.4, 0.5) is 0 Å². The molecule has 230 valence electrons. The molecule has 0 aliphatic heterocycles. The molecule has 0 heterocycles. The van der Waals surface area contributed by atoms with Crippen LogP contribution in [0.3, 0.4) is 0 Å². The van der Waals surface area contributed by atoms with Gasteiger partial charge in [0.15, 0.2) is 0 Å². The van der Waals surface area contributed by atoms with Crippen LogP contribution in [0.15, 0.2) is 182 Å². The van der Waals surface area contributed by atoms with E-state index in [1.165, 1.54) is 22.3 Å². The summed E-state index contributed by atoms with van der Waals surface area (Å²) in [6, 6.07) is 63.8. The van der Waals surface area contributed by atoms with Crippen molar-refractivity contribution in [1.82, 2.24) is 0 Å². The summed E-state index contributed by atoms with van der Waals surface area (Å²) in [5.74, 6) is 1.64. The first kappa shape index (κ1) is 29.3. The number of hydrogen-bond acceptors (Lipinski definition) is 2. The van der Waals surface area contributed by atoms with Crippen LogP contribution in [0.1, 0.15) is 11.1 Å². The average Bonchev–Trinajstić information content (AvgIpc) is 3.17. The molecule has 0 radical (unpaired) electrons. The predicted molar refractivity (Wildman–Crippen MR) is 199 cm³/mol. The summed E-state index contributed by atoms with van der Waals surface area (Å²) in [6.45, 7) is 0.926. The Balaban J connectivity index is 1.34. The number of fused-ring (bicyclic) bond motifs is 2. The van der Waals surface area contributed by atoms with Gasteiger partial charge >= 0.3 is 0 Å². The highest BCUT2D eigenvalue weighted by atomic mass is 16.5. The molecule has 8 aromatic rings. The van der Waals surface area contributed by atoms with Gasteiger partial charge in [0.05, 0.1) is 0 Å². The van der Waals surface area contributed by atoms with Crippen molar-refractivity contribution in [3.63, 3.8) is 0 Å². The molecule has 0 bridgehead atoms. The summed E-state index contributed by atoms with van der Waals surface area (Å²) in [6.07, 6.45) is 0. The molecule has 2 heteroatoms. The molecule has 0 N–H and O–H groups in total. The molecule has 0 aliphatic rings. The Morgan fingerprint density at radius 2 is 0.688 bits per heavy atom. The van der Waals surface area contributed by atoms with Gasteiger partial charge in [-0.3, -0.25) is 0 Å². The maximum atomic E-state index is 6.70.